The molecular weight excluding hydrogens is 218 g/mol. The van der Waals surface area contributed by atoms with Gasteiger partial charge >= 0.3 is 0 Å². The van der Waals surface area contributed by atoms with Gasteiger partial charge in [-0.1, -0.05) is 18.2 Å². The number of aromatic nitrogens is 1. The Morgan fingerprint density at radius 2 is 2.12 bits per heavy atom. The summed E-state index contributed by atoms with van der Waals surface area (Å²) in [6.07, 6.45) is 0. The van der Waals surface area contributed by atoms with Gasteiger partial charge in [0.05, 0.1) is 5.92 Å². The zero-order valence-corrected chi connectivity index (χ0v) is 9.36. The molecule has 0 bridgehead atoms. The molecule has 0 radical (unpaired) electrons. The highest BCUT2D eigenvalue weighted by Crippen LogP contribution is 2.16. The number of H-pyrrole nitrogens is 1. The number of nitrogens with two attached hydrogens (primary N) is 1. The van der Waals surface area contributed by atoms with Gasteiger partial charge in [0.25, 0.3) is 5.56 Å². The van der Waals surface area contributed by atoms with Crippen LogP contribution < -0.4 is 16.8 Å². The van der Waals surface area contributed by atoms with Gasteiger partial charge in [0.2, 0.25) is 5.91 Å². The molecule has 5 nitrogen and oxygen atoms in total. The largest absolute Gasteiger partial charge is 0.322 e. The van der Waals surface area contributed by atoms with E-state index in [9.17, 15) is 9.59 Å². The lowest BCUT2D eigenvalue weighted by molar-refractivity contribution is -0.122. The van der Waals surface area contributed by atoms with Gasteiger partial charge < -0.3 is 4.98 Å². The first-order chi connectivity index (χ1) is 8.13. The number of rotatable bonds is 2. The Morgan fingerprint density at radius 1 is 1.41 bits per heavy atom. The van der Waals surface area contributed by atoms with Crippen molar-refractivity contribution in [2.75, 3.05) is 0 Å². The molecule has 2 aromatic rings. The first kappa shape index (κ1) is 11.3. The molecule has 0 fully saturated rings. The van der Waals surface area contributed by atoms with Crippen LogP contribution in [0, 0.1) is 0 Å². The summed E-state index contributed by atoms with van der Waals surface area (Å²) >= 11 is 0. The van der Waals surface area contributed by atoms with Crippen molar-refractivity contribution >= 4 is 16.8 Å². The molecule has 1 aromatic carbocycles. The Balaban J connectivity index is 2.58. The molecule has 1 unspecified atom stereocenters. The zero-order chi connectivity index (χ0) is 12.4. The van der Waals surface area contributed by atoms with E-state index in [2.05, 4.69) is 4.98 Å². The van der Waals surface area contributed by atoms with Crippen LogP contribution in [0.1, 0.15) is 18.4 Å². The summed E-state index contributed by atoms with van der Waals surface area (Å²) < 4.78 is 0. The van der Waals surface area contributed by atoms with E-state index >= 15 is 0 Å². The number of hydrogen-bond acceptors (Lipinski definition) is 3. The van der Waals surface area contributed by atoms with Crippen molar-refractivity contribution in [2.24, 2.45) is 5.84 Å². The lowest BCUT2D eigenvalue weighted by atomic mass is 10.0. The molecule has 1 heterocycles. The van der Waals surface area contributed by atoms with Crippen LogP contribution in [0.15, 0.2) is 35.1 Å². The topological polar surface area (TPSA) is 88.0 Å². The molecule has 1 amide bonds. The molecule has 17 heavy (non-hydrogen) atoms. The van der Waals surface area contributed by atoms with Gasteiger partial charge in [0.15, 0.2) is 0 Å². The fourth-order valence-corrected chi connectivity index (χ4v) is 1.75. The van der Waals surface area contributed by atoms with Crippen LogP contribution in [0.3, 0.4) is 0 Å². The van der Waals surface area contributed by atoms with E-state index in [1.54, 1.807) is 13.0 Å². The molecule has 0 aliphatic heterocycles. The SMILES string of the molecule is CC(C(=O)NN)c1cc2ccccc2[nH]c1=O. The molecule has 4 N–H and O–H groups in total. The van der Waals surface area contributed by atoms with Crippen LogP contribution in [0.2, 0.25) is 0 Å². The van der Waals surface area contributed by atoms with Crippen molar-refractivity contribution in [3.8, 4) is 0 Å². The second-order valence-electron chi connectivity index (χ2n) is 3.87. The number of para-hydroxylation sites is 1. The standard InChI is InChI=1S/C12H13N3O2/c1-7(11(16)15-13)9-6-8-4-2-3-5-10(8)14-12(9)17/h2-7H,13H2,1H3,(H,14,17)(H,15,16). The zero-order valence-electron chi connectivity index (χ0n) is 9.36. The van der Waals surface area contributed by atoms with Crippen molar-refractivity contribution in [2.45, 2.75) is 12.8 Å². The molecule has 5 heteroatoms. The van der Waals surface area contributed by atoms with Gasteiger partial charge in [0.1, 0.15) is 0 Å². The maximum Gasteiger partial charge on any atom is 0.252 e. The molecule has 1 aromatic heterocycles. The Kier molecular flexibility index (Phi) is 2.93. The van der Waals surface area contributed by atoms with E-state index in [0.717, 1.165) is 10.9 Å². The van der Waals surface area contributed by atoms with E-state index in [0.29, 0.717) is 5.56 Å². The molecule has 0 saturated carbocycles. The third-order valence-electron chi connectivity index (χ3n) is 2.78. The number of nitrogens with one attached hydrogen (secondary N) is 2. The summed E-state index contributed by atoms with van der Waals surface area (Å²) in [5.41, 5.74) is 2.94. The van der Waals surface area contributed by atoms with Crippen LogP contribution in [0.4, 0.5) is 0 Å². The number of carbonyl (C=O) groups is 1. The molecule has 0 spiro atoms. The van der Waals surface area contributed by atoms with Crippen LogP contribution in [0.5, 0.6) is 0 Å². The summed E-state index contributed by atoms with van der Waals surface area (Å²) in [6.45, 7) is 1.64. The fraction of sp³-hybridized carbons (Fsp3) is 0.167. The Hall–Kier alpha value is -2.14. The van der Waals surface area contributed by atoms with Crippen molar-refractivity contribution in [3.63, 3.8) is 0 Å². The maximum atomic E-state index is 11.8. The normalized spacial score (nSPS) is 12.4. The Morgan fingerprint density at radius 3 is 2.82 bits per heavy atom. The Bertz CT molecular complexity index is 618. The summed E-state index contributed by atoms with van der Waals surface area (Å²) in [4.78, 5) is 26.0. The maximum absolute atomic E-state index is 11.8. The monoisotopic (exact) mass is 231 g/mol. The van der Waals surface area contributed by atoms with E-state index in [4.69, 9.17) is 5.84 Å². The Labute approximate surface area is 97.6 Å². The van der Waals surface area contributed by atoms with Crippen molar-refractivity contribution in [1.82, 2.24) is 10.4 Å². The highest BCUT2D eigenvalue weighted by molar-refractivity contribution is 5.85. The van der Waals surface area contributed by atoms with E-state index in [1.807, 2.05) is 29.7 Å². The van der Waals surface area contributed by atoms with Crippen molar-refractivity contribution in [3.05, 3.63) is 46.2 Å². The minimum Gasteiger partial charge on any atom is -0.322 e. The first-order valence-corrected chi connectivity index (χ1v) is 5.26. The molecule has 0 saturated heterocycles. The average molecular weight is 231 g/mol. The number of amides is 1. The quantitative estimate of drug-likeness (QED) is 0.402. The molecule has 2 rings (SSSR count). The summed E-state index contributed by atoms with van der Waals surface area (Å²) in [5, 5.41) is 0.888. The molecule has 0 aliphatic carbocycles. The van der Waals surface area contributed by atoms with Crippen LogP contribution in [0.25, 0.3) is 10.9 Å². The van der Waals surface area contributed by atoms with E-state index < -0.39 is 5.92 Å². The second kappa shape index (κ2) is 4.39. The summed E-state index contributed by atoms with van der Waals surface area (Å²) in [5.74, 6) is 4.10. The van der Waals surface area contributed by atoms with Gasteiger partial charge in [-0.05, 0) is 24.4 Å². The van der Waals surface area contributed by atoms with Gasteiger partial charge in [-0.25, -0.2) is 5.84 Å². The average Bonchev–Trinajstić information content (AvgIpc) is 2.36. The molecule has 88 valence electrons. The number of fused-ring (bicyclic) bond motifs is 1. The number of hydrazine groups is 1. The van der Waals surface area contributed by atoms with Crippen molar-refractivity contribution in [1.29, 1.82) is 0 Å². The van der Waals surface area contributed by atoms with Gasteiger partial charge in [-0.15, -0.1) is 0 Å². The first-order valence-electron chi connectivity index (χ1n) is 5.26. The minimum absolute atomic E-state index is 0.264. The third-order valence-corrected chi connectivity index (χ3v) is 2.78. The highest BCUT2D eigenvalue weighted by atomic mass is 16.2. The predicted molar refractivity (Wildman–Crippen MR) is 65.3 cm³/mol. The molecular formula is C12H13N3O2. The molecule has 1 atom stereocenters. The van der Waals surface area contributed by atoms with E-state index in [-0.39, 0.29) is 11.5 Å². The number of benzene rings is 1. The molecule has 0 aliphatic rings. The lowest BCUT2D eigenvalue weighted by Crippen LogP contribution is -2.35. The lowest BCUT2D eigenvalue weighted by Gasteiger charge is -2.09. The van der Waals surface area contributed by atoms with Crippen LogP contribution in [-0.4, -0.2) is 10.9 Å². The minimum atomic E-state index is -0.576. The summed E-state index contributed by atoms with van der Waals surface area (Å²) in [6, 6.07) is 9.12. The number of aromatic amines is 1. The second-order valence-corrected chi connectivity index (χ2v) is 3.87. The van der Waals surface area contributed by atoms with Gasteiger partial charge in [-0.2, -0.15) is 0 Å². The van der Waals surface area contributed by atoms with Crippen molar-refractivity contribution < 1.29 is 4.79 Å². The van der Waals surface area contributed by atoms with Crippen LogP contribution >= 0.6 is 0 Å². The highest BCUT2D eigenvalue weighted by Gasteiger charge is 2.17. The number of hydrogen-bond donors (Lipinski definition) is 3. The smallest absolute Gasteiger partial charge is 0.252 e. The van der Waals surface area contributed by atoms with Gasteiger partial charge in [-0.3, -0.25) is 15.0 Å². The van der Waals surface area contributed by atoms with Crippen LogP contribution in [-0.2, 0) is 4.79 Å². The fourth-order valence-electron chi connectivity index (χ4n) is 1.75. The van der Waals surface area contributed by atoms with Gasteiger partial charge in [0, 0.05) is 11.1 Å². The predicted octanol–water partition coefficient (Wildman–Crippen LogP) is 0.621. The number of carbonyl (C=O) groups excluding carboxylic acids is 1. The summed E-state index contributed by atoms with van der Waals surface area (Å²) in [7, 11) is 0. The van der Waals surface area contributed by atoms with E-state index in [1.165, 1.54) is 0 Å². The third kappa shape index (κ3) is 2.05. The number of pyridine rings is 1.